The third kappa shape index (κ3) is 4.82. The second kappa shape index (κ2) is 9.25. The molecular formula is C20H23F2N3O3. The second-order valence-electron chi connectivity index (χ2n) is 6.13. The zero-order valence-electron chi connectivity index (χ0n) is 15.5. The normalized spacial score (nSPS) is 16.3. The summed E-state index contributed by atoms with van der Waals surface area (Å²) in [5.74, 6) is 1.26. The smallest absolute Gasteiger partial charge is 0.387 e. The van der Waals surface area contributed by atoms with Crippen LogP contribution >= 0.6 is 0 Å². The summed E-state index contributed by atoms with van der Waals surface area (Å²) < 4.78 is 41.3. The zero-order valence-corrected chi connectivity index (χ0v) is 15.5. The maximum atomic E-state index is 12.8. The minimum atomic E-state index is -2.96. The van der Waals surface area contributed by atoms with E-state index in [0.717, 1.165) is 17.7 Å². The number of fused-ring (bicyclic) bond motifs is 1. The monoisotopic (exact) mass is 391 g/mol. The fourth-order valence-corrected chi connectivity index (χ4v) is 3.06. The molecule has 6 nitrogen and oxygen atoms in total. The zero-order chi connectivity index (χ0) is 19.9. The van der Waals surface area contributed by atoms with Gasteiger partial charge < -0.3 is 25.3 Å². The van der Waals surface area contributed by atoms with Gasteiger partial charge >= 0.3 is 6.61 Å². The molecule has 0 fully saturated rings. The summed E-state index contributed by atoms with van der Waals surface area (Å²) in [7, 11) is 0. The molecule has 1 unspecified atom stereocenters. The van der Waals surface area contributed by atoms with E-state index < -0.39 is 6.61 Å². The van der Waals surface area contributed by atoms with Crippen LogP contribution in [0.3, 0.4) is 0 Å². The molecule has 1 atom stereocenters. The minimum absolute atomic E-state index is 0.0210. The molecule has 0 saturated heterocycles. The van der Waals surface area contributed by atoms with Crippen molar-refractivity contribution < 1.29 is 23.0 Å². The van der Waals surface area contributed by atoms with Gasteiger partial charge in [0.15, 0.2) is 17.5 Å². The van der Waals surface area contributed by atoms with Crippen LogP contribution < -0.4 is 25.3 Å². The SMILES string of the molecule is CCOc1cccc(CN=C(N)NC2CCOc3ccccc32)c1OC(F)F. The number of nitrogens with two attached hydrogens (primary N) is 1. The third-order valence-electron chi connectivity index (χ3n) is 4.27. The summed E-state index contributed by atoms with van der Waals surface area (Å²) in [5.41, 5.74) is 7.50. The molecule has 0 radical (unpaired) electrons. The number of hydrogen-bond donors (Lipinski definition) is 2. The number of hydrogen-bond acceptors (Lipinski definition) is 4. The molecule has 1 heterocycles. The molecule has 28 heavy (non-hydrogen) atoms. The van der Waals surface area contributed by atoms with Gasteiger partial charge in [-0.3, -0.25) is 0 Å². The Morgan fingerprint density at radius 2 is 2.11 bits per heavy atom. The van der Waals surface area contributed by atoms with Crippen molar-refractivity contribution in [3.8, 4) is 17.2 Å². The average Bonchev–Trinajstić information content (AvgIpc) is 2.68. The van der Waals surface area contributed by atoms with E-state index >= 15 is 0 Å². The van der Waals surface area contributed by atoms with Gasteiger partial charge in [-0.05, 0) is 19.1 Å². The Kier molecular flexibility index (Phi) is 6.52. The summed E-state index contributed by atoms with van der Waals surface area (Å²) in [6.07, 6.45) is 0.743. The second-order valence-corrected chi connectivity index (χ2v) is 6.13. The summed E-state index contributed by atoms with van der Waals surface area (Å²) in [4.78, 5) is 4.29. The van der Waals surface area contributed by atoms with E-state index in [1.807, 2.05) is 24.3 Å². The lowest BCUT2D eigenvalue weighted by Gasteiger charge is -2.27. The molecule has 0 bridgehead atoms. The van der Waals surface area contributed by atoms with Crippen molar-refractivity contribution in [1.82, 2.24) is 5.32 Å². The highest BCUT2D eigenvalue weighted by molar-refractivity contribution is 5.78. The molecule has 1 aliphatic rings. The highest BCUT2D eigenvalue weighted by Crippen LogP contribution is 2.34. The Hall–Kier alpha value is -3.03. The predicted octanol–water partition coefficient (Wildman–Crippen LogP) is 3.61. The Morgan fingerprint density at radius 1 is 1.29 bits per heavy atom. The van der Waals surface area contributed by atoms with E-state index in [4.69, 9.17) is 15.2 Å². The fourth-order valence-electron chi connectivity index (χ4n) is 3.06. The number of ether oxygens (including phenoxy) is 3. The molecule has 3 N–H and O–H groups in total. The topological polar surface area (TPSA) is 78.1 Å². The standard InChI is InChI=1S/C20H23F2N3O3/c1-2-26-17-9-5-6-13(18(17)28-19(21)22)12-24-20(23)25-15-10-11-27-16-8-4-3-7-14(15)16/h3-9,15,19H,2,10-12H2,1H3,(H3,23,24,25). The van der Waals surface area contributed by atoms with Crippen molar-refractivity contribution in [2.45, 2.75) is 32.5 Å². The van der Waals surface area contributed by atoms with Crippen molar-refractivity contribution in [2.75, 3.05) is 13.2 Å². The Balaban J connectivity index is 1.74. The first-order valence-electron chi connectivity index (χ1n) is 9.06. The molecule has 0 amide bonds. The highest BCUT2D eigenvalue weighted by atomic mass is 19.3. The van der Waals surface area contributed by atoms with E-state index in [2.05, 4.69) is 15.0 Å². The molecule has 1 aliphatic heterocycles. The van der Waals surface area contributed by atoms with Crippen molar-refractivity contribution in [3.63, 3.8) is 0 Å². The van der Waals surface area contributed by atoms with Gasteiger partial charge in [0.1, 0.15) is 5.75 Å². The van der Waals surface area contributed by atoms with Crippen LogP contribution in [0.25, 0.3) is 0 Å². The van der Waals surface area contributed by atoms with E-state index in [9.17, 15) is 8.78 Å². The minimum Gasteiger partial charge on any atom is -0.493 e. The summed E-state index contributed by atoms with van der Waals surface area (Å²) in [5, 5.41) is 3.17. The van der Waals surface area contributed by atoms with Gasteiger partial charge in [0.05, 0.1) is 25.8 Å². The van der Waals surface area contributed by atoms with Crippen LogP contribution in [-0.2, 0) is 6.54 Å². The third-order valence-corrected chi connectivity index (χ3v) is 4.27. The number of aliphatic imine (C=N–C) groups is 1. The lowest BCUT2D eigenvalue weighted by atomic mass is 10.0. The van der Waals surface area contributed by atoms with E-state index in [1.165, 1.54) is 0 Å². The largest absolute Gasteiger partial charge is 0.493 e. The number of rotatable bonds is 7. The summed E-state index contributed by atoms with van der Waals surface area (Å²) in [6, 6.07) is 12.6. The van der Waals surface area contributed by atoms with Gasteiger partial charge in [0.2, 0.25) is 0 Å². The molecule has 2 aromatic rings. The Labute approximate surface area is 162 Å². The predicted molar refractivity (Wildman–Crippen MR) is 102 cm³/mol. The highest BCUT2D eigenvalue weighted by Gasteiger charge is 2.21. The van der Waals surface area contributed by atoms with Crippen molar-refractivity contribution in [3.05, 3.63) is 53.6 Å². The molecule has 0 saturated carbocycles. The fraction of sp³-hybridized carbons (Fsp3) is 0.350. The van der Waals surface area contributed by atoms with Crippen LogP contribution in [0.15, 0.2) is 47.5 Å². The van der Waals surface area contributed by atoms with Crippen molar-refractivity contribution in [2.24, 2.45) is 10.7 Å². The van der Waals surface area contributed by atoms with Crippen molar-refractivity contribution >= 4 is 5.96 Å². The van der Waals surface area contributed by atoms with Crippen LogP contribution in [-0.4, -0.2) is 25.8 Å². The maximum absolute atomic E-state index is 12.8. The number of nitrogens with zero attached hydrogens (tertiary/aromatic N) is 1. The van der Waals surface area contributed by atoms with Gasteiger partial charge in [0, 0.05) is 17.5 Å². The van der Waals surface area contributed by atoms with Gasteiger partial charge in [-0.25, -0.2) is 4.99 Å². The molecule has 3 rings (SSSR count). The number of para-hydroxylation sites is 2. The Morgan fingerprint density at radius 3 is 2.89 bits per heavy atom. The maximum Gasteiger partial charge on any atom is 0.387 e. The van der Waals surface area contributed by atoms with Crippen LogP contribution in [0, 0.1) is 0 Å². The Bertz CT molecular complexity index is 830. The number of guanidine groups is 1. The first kappa shape index (κ1) is 19.7. The quantitative estimate of drug-likeness (QED) is 0.557. The molecule has 150 valence electrons. The molecule has 0 aliphatic carbocycles. The molecular weight excluding hydrogens is 368 g/mol. The lowest BCUT2D eigenvalue weighted by Crippen LogP contribution is -2.37. The number of halogens is 2. The molecule has 0 aromatic heterocycles. The van der Waals surface area contributed by atoms with Gasteiger partial charge in [-0.15, -0.1) is 0 Å². The van der Waals surface area contributed by atoms with Crippen molar-refractivity contribution in [1.29, 1.82) is 0 Å². The first-order chi connectivity index (χ1) is 13.6. The van der Waals surface area contributed by atoms with Crippen LogP contribution in [0.2, 0.25) is 0 Å². The molecule has 8 heteroatoms. The number of benzene rings is 2. The van der Waals surface area contributed by atoms with Gasteiger partial charge in [-0.1, -0.05) is 30.3 Å². The lowest BCUT2D eigenvalue weighted by molar-refractivity contribution is -0.0520. The van der Waals surface area contributed by atoms with Gasteiger partial charge in [-0.2, -0.15) is 8.78 Å². The van der Waals surface area contributed by atoms with Crippen LogP contribution in [0.5, 0.6) is 17.2 Å². The average molecular weight is 391 g/mol. The summed E-state index contributed by atoms with van der Waals surface area (Å²) in [6.45, 7) is -0.208. The molecule has 0 spiro atoms. The summed E-state index contributed by atoms with van der Waals surface area (Å²) >= 11 is 0. The van der Waals surface area contributed by atoms with Crippen LogP contribution in [0.1, 0.15) is 30.5 Å². The van der Waals surface area contributed by atoms with Gasteiger partial charge in [0.25, 0.3) is 0 Å². The first-order valence-corrected chi connectivity index (χ1v) is 9.06. The van der Waals surface area contributed by atoms with E-state index in [-0.39, 0.29) is 30.0 Å². The number of nitrogens with one attached hydrogen (secondary N) is 1. The number of alkyl halides is 2. The van der Waals surface area contributed by atoms with E-state index in [1.54, 1.807) is 25.1 Å². The van der Waals surface area contributed by atoms with Crippen LogP contribution in [0.4, 0.5) is 8.78 Å². The molecule has 2 aromatic carbocycles. The van der Waals surface area contributed by atoms with E-state index in [0.29, 0.717) is 18.8 Å².